The fourth-order valence-corrected chi connectivity index (χ4v) is 4.34. The summed E-state index contributed by atoms with van der Waals surface area (Å²) in [5.74, 6) is 1.39. The number of aromatic nitrogens is 5. The van der Waals surface area contributed by atoms with Crippen LogP contribution in [0.2, 0.25) is 0 Å². The Morgan fingerprint density at radius 3 is 2.93 bits per heavy atom. The molecule has 156 valence electrons. The number of nitrogens with zero attached hydrogens (tertiary/aromatic N) is 5. The van der Waals surface area contributed by atoms with Crippen LogP contribution in [-0.2, 0) is 4.74 Å². The Balaban J connectivity index is 1.55. The van der Waals surface area contributed by atoms with Crippen LogP contribution in [-0.4, -0.2) is 66.5 Å². The highest BCUT2D eigenvalue weighted by atomic mass is 16.6. The number of aliphatic hydroxyl groups is 1. The zero-order valence-electron chi connectivity index (χ0n) is 16.9. The number of β-amino-alcohol motifs (C(OH)–C–C–N with tert-alkyl or cyclic N) is 1. The first-order chi connectivity index (χ1) is 14.1. The quantitative estimate of drug-likeness (QED) is 0.631. The molecule has 1 amide bonds. The van der Waals surface area contributed by atoms with Crippen LogP contribution in [0.1, 0.15) is 51.3 Å². The first-order valence-electron chi connectivity index (χ1n) is 10.4. The zero-order chi connectivity index (χ0) is 20.4. The molecule has 1 fully saturated rings. The van der Waals surface area contributed by atoms with Crippen LogP contribution in [0.15, 0.2) is 18.5 Å². The number of amides is 1. The van der Waals surface area contributed by atoms with E-state index < -0.39 is 6.10 Å². The average Bonchev–Trinajstić information content (AvgIpc) is 3.45. The van der Waals surface area contributed by atoms with Gasteiger partial charge >= 0.3 is 6.09 Å². The third kappa shape index (κ3) is 3.78. The second-order valence-corrected chi connectivity index (χ2v) is 7.70. The average molecular weight is 400 g/mol. The van der Waals surface area contributed by atoms with E-state index >= 15 is 0 Å². The monoisotopic (exact) mass is 400 g/mol. The predicted molar refractivity (Wildman–Crippen MR) is 108 cm³/mol. The number of fused-ring (bicyclic) bond motifs is 3. The van der Waals surface area contributed by atoms with Gasteiger partial charge < -0.3 is 19.7 Å². The van der Waals surface area contributed by atoms with Gasteiger partial charge in [-0.1, -0.05) is 26.7 Å². The summed E-state index contributed by atoms with van der Waals surface area (Å²) in [5.41, 5.74) is 2.45. The highest BCUT2D eigenvalue weighted by Gasteiger charge is 2.29. The Morgan fingerprint density at radius 2 is 2.21 bits per heavy atom. The molecule has 1 saturated heterocycles. The lowest BCUT2D eigenvalue weighted by Crippen LogP contribution is -2.31. The Kier molecular flexibility index (Phi) is 5.66. The van der Waals surface area contributed by atoms with Crippen molar-refractivity contribution in [1.29, 1.82) is 0 Å². The Labute approximate surface area is 169 Å². The Morgan fingerprint density at radius 1 is 1.38 bits per heavy atom. The zero-order valence-corrected chi connectivity index (χ0v) is 16.9. The third-order valence-corrected chi connectivity index (χ3v) is 5.99. The first-order valence-corrected chi connectivity index (χ1v) is 10.4. The molecule has 0 radical (unpaired) electrons. The number of hydrogen-bond donors (Lipinski definition) is 2. The number of carbonyl (C=O) groups excluding carboxylic acids is 1. The van der Waals surface area contributed by atoms with Crippen molar-refractivity contribution in [2.75, 3.05) is 19.7 Å². The number of aliphatic hydroxyl groups excluding tert-OH is 1. The van der Waals surface area contributed by atoms with E-state index in [1.54, 1.807) is 11.1 Å². The molecule has 3 aromatic heterocycles. The van der Waals surface area contributed by atoms with Crippen molar-refractivity contribution < 1.29 is 14.6 Å². The normalized spacial score (nSPS) is 18.2. The number of ether oxygens (including phenoxy) is 1. The van der Waals surface area contributed by atoms with Gasteiger partial charge in [-0.15, -0.1) is 10.2 Å². The van der Waals surface area contributed by atoms with Crippen molar-refractivity contribution >= 4 is 22.9 Å². The summed E-state index contributed by atoms with van der Waals surface area (Å²) in [6.07, 6.45) is 6.07. The van der Waals surface area contributed by atoms with Gasteiger partial charge in [0, 0.05) is 25.2 Å². The Hall–Kier alpha value is -2.68. The smallest absolute Gasteiger partial charge is 0.409 e. The highest BCUT2D eigenvalue weighted by Crippen LogP contribution is 2.33. The molecule has 0 bridgehead atoms. The molecular formula is C20H28N6O3. The fourth-order valence-electron chi connectivity index (χ4n) is 4.34. The van der Waals surface area contributed by atoms with Gasteiger partial charge in [-0.25, -0.2) is 9.78 Å². The van der Waals surface area contributed by atoms with Gasteiger partial charge in [-0.3, -0.25) is 4.40 Å². The summed E-state index contributed by atoms with van der Waals surface area (Å²) in [4.78, 5) is 21.4. The summed E-state index contributed by atoms with van der Waals surface area (Å²) in [7, 11) is 0. The summed E-state index contributed by atoms with van der Waals surface area (Å²) < 4.78 is 7.58. The number of aromatic amines is 1. The lowest BCUT2D eigenvalue weighted by molar-refractivity contribution is 0.0974. The van der Waals surface area contributed by atoms with E-state index in [0.29, 0.717) is 44.1 Å². The molecule has 2 N–H and O–H groups in total. The summed E-state index contributed by atoms with van der Waals surface area (Å²) >= 11 is 0. The minimum absolute atomic E-state index is 0.109. The maximum Gasteiger partial charge on any atom is 0.409 e. The van der Waals surface area contributed by atoms with Crippen molar-refractivity contribution in [2.45, 2.75) is 51.6 Å². The third-order valence-electron chi connectivity index (χ3n) is 5.99. The van der Waals surface area contributed by atoms with Gasteiger partial charge in [0.25, 0.3) is 0 Å². The van der Waals surface area contributed by atoms with Gasteiger partial charge in [0.1, 0.15) is 5.82 Å². The standard InChI is InChI=1S/C20H28N6O3/c1-3-13(4-2)15(7-10-29-20(28)25-9-6-14(27)12-25)19-24-23-17-11-22-18-16(26(17)19)5-8-21-18/h5,8,11,13-15,21,27H,3-4,6-7,9-10,12H2,1-2H3/t14-,15+/m1/s1. The van der Waals surface area contributed by atoms with Crippen molar-refractivity contribution in [2.24, 2.45) is 5.92 Å². The fraction of sp³-hybridized carbons (Fsp3) is 0.600. The van der Waals surface area contributed by atoms with Gasteiger partial charge in [-0.2, -0.15) is 0 Å². The maximum atomic E-state index is 12.3. The number of hydrogen-bond acceptors (Lipinski definition) is 6. The second-order valence-electron chi connectivity index (χ2n) is 7.70. The SMILES string of the molecule is CCC(CC)[C@H](CCOC(=O)N1CC[C@@H](O)C1)c1nnc2cnc3[nH]ccc3n12. The van der Waals surface area contributed by atoms with Gasteiger partial charge in [0.05, 0.1) is 24.4 Å². The lowest BCUT2D eigenvalue weighted by atomic mass is 9.85. The van der Waals surface area contributed by atoms with E-state index in [1.807, 2.05) is 12.3 Å². The maximum absolute atomic E-state index is 12.3. The molecule has 3 aromatic rings. The minimum Gasteiger partial charge on any atom is -0.449 e. The minimum atomic E-state index is -0.445. The number of rotatable bonds is 7. The van der Waals surface area contributed by atoms with E-state index in [4.69, 9.17) is 4.74 Å². The van der Waals surface area contributed by atoms with Crippen molar-refractivity contribution in [3.63, 3.8) is 0 Å². The molecule has 4 heterocycles. The van der Waals surface area contributed by atoms with E-state index in [1.165, 1.54) is 0 Å². The largest absolute Gasteiger partial charge is 0.449 e. The van der Waals surface area contributed by atoms with Crippen molar-refractivity contribution in [3.05, 3.63) is 24.3 Å². The molecule has 29 heavy (non-hydrogen) atoms. The molecule has 0 aromatic carbocycles. The van der Waals surface area contributed by atoms with Crippen LogP contribution in [0.3, 0.4) is 0 Å². The van der Waals surface area contributed by atoms with Crippen LogP contribution >= 0.6 is 0 Å². The van der Waals surface area contributed by atoms with Crippen LogP contribution in [0.25, 0.3) is 16.8 Å². The molecule has 0 saturated carbocycles. The molecule has 0 aliphatic carbocycles. The predicted octanol–water partition coefficient (Wildman–Crippen LogP) is 2.72. The van der Waals surface area contributed by atoms with Crippen LogP contribution in [0.4, 0.5) is 4.79 Å². The molecule has 2 atom stereocenters. The number of nitrogens with one attached hydrogen (secondary N) is 1. The van der Waals surface area contributed by atoms with Crippen LogP contribution in [0.5, 0.6) is 0 Å². The highest BCUT2D eigenvalue weighted by molar-refractivity contribution is 5.74. The number of carbonyl (C=O) groups is 1. The second kappa shape index (κ2) is 8.36. The van der Waals surface area contributed by atoms with Gasteiger partial charge in [-0.05, 0) is 24.8 Å². The summed E-state index contributed by atoms with van der Waals surface area (Å²) in [5, 5.41) is 18.4. The molecule has 0 spiro atoms. The summed E-state index contributed by atoms with van der Waals surface area (Å²) in [6.45, 7) is 5.55. The van der Waals surface area contributed by atoms with Gasteiger partial charge in [0.15, 0.2) is 11.3 Å². The lowest BCUT2D eigenvalue weighted by Gasteiger charge is -2.24. The molecule has 1 aliphatic heterocycles. The topological polar surface area (TPSA) is 109 Å². The van der Waals surface area contributed by atoms with Crippen LogP contribution < -0.4 is 0 Å². The van der Waals surface area contributed by atoms with E-state index in [9.17, 15) is 9.90 Å². The molecule has 1 aliphatic rings. The van der Waals surface area contributed by atoms with E-state index in [-0.39, 0.29) is 12.0 Å². The number of likely N-dealkylation sites (tertiary alicyclic amines) is 1. The molecule has 4 rings (SSSR count). The van der Waals surface area contributed by atoms with Crippen molar-refractivity contribution in [1.82, 2.24) is 29.5 Å². The van der Waals surface area contributed by atoms with Gasteiger partial charge in [0.2, 0.25) is 0 Å². The van der Waals surface area contributed by atoms with Crippen LogP contribution in [0, 0.1) is 5.92 Å². The van der Waals surface area contributed by atoms with E-state index in [2.05, 4.69) is 38.4 Å². The molecule has 0 unspecified atom stereocenters. The van der Waals surface area contributed by atoms with E-state index in [0.717, 1.165) is 29.8 Å². The Bertz CT molecular complexity index is 979. The summed E-state index contributed by atoms with van der Waals surface area (Å²) in [6, 6.07) is 1.98. The molecular weight excluding hydrogens is 372 g/mol. The van der Waals surface area contributed by atoms with Crippen molar-refractivity contribution in [3.8, 4) is 0 Å². The first kappa shape index (κ1) is 19.6. The molecule has 9 nitrogen and oxygen atoms in total. The molecule has 9 heteroatoms. The number of H-pyrrole nitrogens is 1.